The van der Waals surface area contributed by atoms with Crippen molar-refractivity contribution in [2.24, 2.45) is 5.92 Å². The Morgan fingerprint density at radius 2 is 2.16 bits per heavy atom. The van der Waals surface area contributed by atoms with Crippen LogP contribution in [-0.4, -0.2) is 11.0 Å². The van der Waals surface area contributed by atoms with Gasteiger partial charge in [0.1, 0.15) is 5.52 Å². The highest BCUT2D eigenvalue weighted by molar-refractivity contribution is 5.77. The highest BCUT2D eigenvalue weighted by Crippen LogP contribution is 2.29. The Morgan fingerprint density at radius 1 is 1.32 bits per heavy atom. The molecule has 0 radical (unpaired) electrons. The molecule has 1 aliphatic rings. The van der Waals surface area contributed by atoms with Crippen LogP contribution in [0.4, 0.5) is 5.69 Å². The zero-order valence-electron chi connectivity index (χ0n) is 11.9. The molecule has 3 nitrogen and oxygen atoms in total. The van der Waals surface area contributed by atoms with Crippen molar-refractivity contribution in [2.75, 3.05) is 5.32 Å². The number of hydrogen-bond acceptors (Lipinski definition) is 3. The fourth-order valence-electron chi connectivity index (χ4n) is 2.86. The normalized spacial score (nSPS) is 23.4. The number of hydrogen-bond donors (Lipinski definition) is 1. The fraction of sp³-hybridized carbons (Fsp3) is 0.562. The molecule has 1 aliphatic carbocycles. The smallest absolute Gasteiger partial charge is 0.198 e. The summed E-state index contributed by atoms with van der Waals surface area (Å²) in [4.78, 5) is 4.56. The molecule has 1 saturated carbocycles. The summed E-state index contributed by atoms with van der Waals surface area (Å²) >= 11 is 0. The molecule has 3 rings (SSSR count). The molecule has 1 heterocycles. The van der Waals surface area contributed by atoms with Gasteiger partial charge in [-0.1, -0.05) is 20.8 Å². The number of anilines is 1. The Morgan fingerprint density at radius 3 is 2.84 bits per heavy atom. The van der Waals surface area contributed by atoms with Gasteiger partial charge >= 0.3 is 0 Å². The molecule has 0 bridgehead atoms. The highest BCUT2D eigenvalue weighted by atomic mass is 16.3. The lowest BCUT2D eigenvalue weighted by Crippen LogP contribution is -2.14. The van der Waals surface area contributed by atoms with Crippen LogP contribution in [0.25, 0.3) is 11.1 Å². The van der Waals surface area contributed by atoms with Crippen molar-refractivity contribution in [2.45, 2.75) is 52.0 Å². The van der Waals surface area contributed by atoms with Crippen molar-refractivity contribution >= 4 is 16.8 Å². The molecule has 0 amide bonds. The summed E-state index contributed by atoms with van der Waals surface area (Å²) in [5, 5.41) is 3.62. The van der Waals surface area contributed by atoms with Gasteiger partial charge in [-0.3, -0.25) is 0 Å². The molecule has 2 unspecified atom stereocenters. The van der Waals surface area contributed by atoms with Gasteiger partial charge in [0, 0.05) is 17.6 Å². The van der Waals surface area contributed by atoms with Crippen LogP contribution in [-0.2, 0) is 0 Å². The average molecular weight is 258 g/mol. The Labute approximate surface area is 114 Å². The molecule has 1 fully saturated rings. The quantitative estimate of drug-likeness (QED) is 0.877. The van der Waals surface area contributed by atoms with Crippen LogP contribution >= 0.6 is 0 Å². The molecular formula is C16H22N2O. The second-order valence-corrected chi connectivity index (χ2v) is 6.15. The summed E-state index contributed by atoms with van der Waals surface area (Å²) in [5.74, 6) is 2.00. The van der Waals surface area contributed by atoms with Gasteiger partial charge in [0.2, 0.25) is 0 Å². The lowest BCUT2D eigenvalue weighted by Gasteiger charge is -2.13. The maximum atomic E-state index is 5.73. The predicted octanol–water partition coefficient (Wildman–Crippen LogP) is 4.55. The second kappa shape index (κ2) is 4.87. The minimum atomic E-state index is 0.333. The van der Waals surface area contributed by atoms with E-state index in [9.17, 15) is 0 Å². The van der Waals surface area contributed by atoms with Crippen molar-refractivity contribution in [1.82, 2.24) is 4.98 Å². The van der Waals surface area contributed by atoms with Gasteiger partial charge in [-0.15, -0.1) is 0 Å². The summed E-state index contributed by atoms with van der Waals surface area (Å²) in [7, 11) is 0. The molecule has 102 valence electrons. The molecule has 1 aromatic carbocycles. The predicted molar refractivity (Wildman–Crippen MR) is 78.5 cm³/mol. The Balaban J connectivity index is 1.81. The maximum absolute atomic E-state index is 5.73. The summed E-state index contributed by atoms with van der Waals surface area (Å²) in [6, 6.07) is 6.84. The SMILES string of the molecule is CC1CCC(Nc2ccc3oc(C(C)C)nc3c2)C1. The fourth-order valence-corrected chi connectivity index (χ4v) is 2.86. The van der Waals surface area contributed by atoms with Gasteiger partial charge in [-0.05, 0) is 43.4 Å². The largest absolute Gasteiger partial charge is 0.440 e. The first-order valence-corrected chi connectivity index (χ1v) is 7.29. The lowest BCUT2D eigenvalue weighted by molar-refractivity contribution is 0.501. The third-order valence-electron chi connectivity index (χ3n) is 3.96. The van der Waals surface area contributed by atoms with Gasteiger partial charge in [0.15, 0.2) is 11.5 Å². The molecule has 0 spiro atoms. The molecule has 2 atom stereocenters. The van der Waals surface area contributed by atoms with Gasteiger partial charge in [0.05, 0.1) is 0 Å². The van der Waals surface area contributed by atoms with E-state index in [0.717, 1.165) is 28.6 Å². The first-order valence-electron chi connectivity index (χ1n) is 7.29. The maximum Gasteiger partial charge on any atom is 0.198 e. The Kier molecular flexibility index (Phi) is 3.21. The molecule has 1 N–H and O–H groups in total. The summed E-state index contributed by atoms with van der Waals surface area (Å²) in [6.07, 6.45) is 3.88. The molecule has 0 aliphatic heterocycles. The molecule has 3 heteroatoms. The topological polar surface area (TPSA) is 38.1 Å². The van der Waals surface area contributed by atoms with E-state index in [1.54, 1.807) is 0 Å². The van der Waals surface area contributed by atoms with E-state index in [-0.39, 0.29) is 0 Å². The Hall–Kier alpha value is -1.51. The molecule has 19 heavy (non-hydrogen) atoms. The lowest BCUT2D eigenvalue weighted by atomic mass is 10.1. The number of aromatic nitrogens is 1. The zero-order valence-corrected chi connectivity index (χ0v) is 11.9. The highest BCUT2D eigenvalue weighted by Gasteiger charge is 2.21. The van der Waals surface area contributed by atoms with Crippen LogP contribution in [0.5, 0.6) is 0 Å². The molecule has 2 aromatic rings. The number of rotatable bonds is 3. The van der Waals surface area contributed by atoms with E-state index in [1.807, 2.05) is 6.07 Å². The monoisotopic (exact) mass is 258 g/mol. The minimum absolute atomic E-state index is 0.333. The molecular weight excluding hydrogens is 236 g/mol. The standard InChI is InChI=1S/C16H22N2O/c1-10(2)16-18-14-9-13(6-7-15(14)19-16)17-12-5-4-11(3)8-12/h6-7,9-12,17H,4-5,8H2,1-3H3. The number of benzene rings is 1. The van der Waals surface area contributed by atoms with Gasteiger partial charge in [0.25, 0.3) is 0 Å². The summed E-state index contributed by atoms with van der Waals surface area (Å²) < 4.78 is 5.73. The van der Waals surface area contributed by atoms with Crippen molar-refractivity contribution in [1.29, 1.82) is 0 Å². The van der Waals surface area contributed by atoms with Crippen LogP contribution < -0.4 is 5.32 Å². The number of oxazole rings is 1. The van der Waals surface area contributed by atoms with Crippen LogP contribution in [0, 0.1) is 5.92 Å². The van der Waals surface area contributed by atoms with Gasteiger partial charge < -0.3 is 9.73 Å². The molecule has 1 aromatic heterocycles. The third-order valence-corrected chi connectivity index (χ3v) is 3.96. The zero-order chi connectivity index (χ0) is 13.4. The van der Waals surface area contributed by atoms with E-state index in [0.29, 0.717) is 12.0 Å². The molecule has 0 saturated heterocycles. The minimum Gasteiger partial charge on any atom is -0.440 e. The second-order valence-electron chi connectivity index (χ2n) is 6.15. The first-order chi connectivity index (χ1) is 9.11. The third kappa shape index (κ3) is 2.60. The van der Waals surface area contributed by atoms with Gasteiger partial charge in [-0.25, -0.2) is 4.98 Å². The van der Waals surface area contributed by atoms with E-state index < -0.39 is 0 Å². The van der Waals surface area contributed by atoms with Crippen LogP contribution in [0.15, 0.2) is 22.6 Å². The van der Waals surface area contributed by atoms with Crippen molar-refractivity contribution in [3.63, 3.8) is 0 Å². The van der Waals surface area contributed by atoms with E-state index in [4.69, 9.17) is 4.42 Å². The number of nitrogens with zero attached hydrogens (tertiary/aromatic N) is 1. The van der Waals surface area contributed by atoms with Crippen LogP contribution in [0.1, 0.15) is 51.8 Å². The van der Waals surface area contributed by atoms with Crippen molar-refractivity contribution < 1.29 is 4.42 Å². The van der Waals surface area contributed by atoms with Crippen LogP contribution in [0.3, 0.4) is 0 Å². The summed E-state index contributed by atoms with van der Waals surface area (Å²) in [6.45, 7) is 6.53. The van der Waals surface area contributed by atoms with Gasteiger partial charge in [-0.2, -0.15) is 0 Å². The van der Waals surface area contributed by atoms with E-state index in [2.05, 4.69) is 43.2 Å². The Bertz CT molecular complexity index is 573. The summed E-state index contributed by atoms with van der Waals surface area (Å²) in [5.41, 5.74) is 3.00. The number of fused-ring (bicyclic) bond motifs is 1. The van der Waals surface area contributed by atoms with Crippen LogP contribution in [0.2, 0.25) is 0 Å². The average Bonchev–Trinajstić information content (AvgIpc) is 2.95. The van der Waals surface area contributed by atoms with E-state index in [1.165, 1.54) is 19.3 Å². The first kappa shape index (κ1) is 12.5. The van der Waals surface area contributed by atoms with Crippen molar-refractivity contribution in [3.05, 3.63) is 24.1 Å². The number of nitrogens with one attached hydrogen (secondary N) is 1. The van der Waals surface area contributed by atoms with E-state index >= 15 is 0 Å². The van der Waals surface area contributed by atoms with Crippen molar-refractivity contribution in [3.8, 4) is 0 Å².